The van der Waals surface area contributed by atoms with Gasteiger partial charge in [0.2, 0.25) is 0 Å². The molecule has 10 aromatic heterocycles. The van der Waals surface area contributed by atoms with E-state index in [1.165, 1.54) is 66.8 Å². The number of nitrogens with zero attached hydrogens (tertiary/aromatic N) is 10. The van der Waals surface area contributed by atoms with E-state index in [0.29, 0.717) is 18.1 Å². The maximum Gasteiger partial charge on any atom is 0.0638 e. The molecule has 751 valence electrons. The Kier molecular flexibility index (Phi) is 49.9. The smallest absolute Gasteiger partial charge is 0.0638 e. The van der Waals surface area contributed by atoms with Crippen molar-refractivity contribution in [1.82, 2.24) is 49.8 Å². The van der Waals surface area contributed by atoms with Gasteiger partial charge < -0.3 is 49.8 Å². The molecule has 10 nitrogen and oxygen atoms in total. The van der Waals surface area contributed by atoms with Gasteiger partial charge in [0.1, 0.15) is 0 Å². The van der Waals surface area contributed by atoms with Crippen LogP contribution in [0.1, 0.15) is 43.1 Å². The van der Waals surface area contributed by atoms with Gasteiger partial charge in [-0.3, -0.25) is 0 Å². The van der Waals surface area contributed by atoms with Crippen LogP contribution in [0.15, 0.2) is 517 Å². The summed E-state index contributed by atoms with van der Waals surface area (Å²) in [6, 6.07) is 175. The van der Waals surface area contributed by atoms with Crippen molar-refractivity contribution in [2.45, 2.75) is 48.5 Å². The van der Waals surface area contributed by atoms with Crippen molar-refractivity contribution >= 4 is 0 Å². The number of rotatable bonds is 13. The number of aromatic nitrogens is 10. The van der Waals surface area contributed by atoms with Gasteiger partial charge in [0, 0.05) is 164 Å². The molecule has 0 aliphatic rings. The Bertz CT molecular complexity index is 7240. The van der Waals surface area contributed by atoms with Gasteiger partial charge in [-0.15, -0.1) is 357 Å². The molecule has 0 atom stereocenters. The first kappa shape index (κ1) is 113. The predicted molar refractivity (Wildman–Crippen MR) is 595 cm³/mol. The van der Waals surface area contributed by atoms with E-state index in [0.717, 1.165) is 118 Å². The van der Waals surface area contributed by atoms with E-state index in [-0.39, 0.29) is 101 Å². The topological polar surface area (TPSA) is 129 Å². The molecule has 0 saturated carbocycles. The van der Waals surface area contributed by atoms with Crippen molar-refractivity contribution in [2.75, 3.05) is 0 Å². The van der Waals surface area contributed by atoms with E-state index < -0.39 is 0 Å². The Balaban J connectivity index is 0.000000189. The number of pyridine rings is 10. The van der Waals surface area contributed by atoms with Crippen molar-refractivity contribution < 1.29 is 105 Å². The minimum atomic E-state index is 0. The molecule has 13 aromatic carbocycles. The van der Waals surface area contributed by atoms with E-state index in [9.17, 15) is 0 Å². The molecule has 0 amide bonds. The minimum Gasteiger partial charge on any atom is -0.305 e. The minimum absolute atomic E-state index is 0. The maximum atomic E-state index is 7.48. The Morgan fingerprint density at radius 3 is 0.700 bits per heavy atom. The number of benzene rings is 13. The average Bonchev–Trinajstić information content (AvgIpc) is 0.828. The van der Waals surface area contributed by atoms with Crippen LogP contribution < -0.4 is 0 Å². The third-order valence-corrected chi connectivity index (χ3v) is 21.6. The van der Waals surface area contributed by atoms with Crippen molar-refractivity contribution in [2.24, 2.45) is 0 Å². The summed E-state index contributed by atoms with van der Waals surface area (Å²) in [5.41, 5.74) is 35.5. The zero-order chi connectivity index (χ0) is 103. The Morgan fingerprint density at radius 2 is 0.393 bits per heavy atom. The van der Waals surface area contributed by atoms with Gasteiger partial charge in [-0.1, -0.05) is 218 Å². The molecule has 10 heterocycles. The second kappa shape index (κ2) is 66.0. The van der Waals surface area contributed by atoms with Crippen molar-refractivity contribution in [3.05, 3.63) is 616 Å². The van der Waals surface area contributed by atoms with Crippen LogP contribution in [-0.2, 0) is 101 Å². The number of hydrogen-bond donors (Lipinski definition) is 0. The zero-order valence-corrected chi connectivity index (χ0v) is 95.5. The normalized spacial score (nSPS) is 9.98. The molecule has 0 aliphatic heterocycles. The molecule has 0 bridgehead atoms. The quantitative estimate of drug-likeness (QED) is 0.103. The fourth-order valence-corrected chi connectivity index (χ4v) is 14.8. The average molecular weight is 2830 g/mol. The summed E-state index contributed by atoms with van der Waals surface area (Å²) in [6.07, 6.45) is 17.7. The maximum absolute atomic E-state index is 7.48. The molecule has 0 unspecified atom stereocenters. The molecular formula is C135H106Ir5N10-10. The summed E-state index contributed by atoms with van der Waals surface area (Å²) in [4.78, 5) is 42.7. The first-order valence-electron chi connectivity index (χ1n) is 48.8. The van der Waals surface area contributed by atoms with Gasteiger partial charge in [0.15, 0.2) is 0 Å². The monoisotopic (exact) mass is 2830 g/mol. The molecule has 23 aromatic rings. The predicted octanol–water partition coefficient (Wildman–Crippen LogP) is 32.6. The summed E-state index contributed by atoms with van der Waals surface area (Å²) in [7, 11) is 0. The molecule has 0 saturated heterocycles. The first-order valence-corrected chi connectivity index (χ1v) is 47.3. The van der Waals surface area contributed by atoms with Crippen molar-refractivity contribution in [3.8, 4) is 146 Å². The number of aryl methyl sites for hydroxylation is 7. The standard InChI is InChI=1S/2C19H16N.C18H14N.2C12H10N.5C11H8N.5Ir/c1-14-10-15(2)12-18(11-14)16-6-5-7-17(13-16)19-8-3-4-9-20-19;1-14-10-15(2)12-18(11-14)17-8-9-20-19(13-17)16-6-4-3-5-7-16;1-14-6-4-7-15(12-14)16-8-5-9-17(13-16)18-10-2-3-11-19-18;2*1-10-5-4-6-11(9-10)12-7-2-3-8-13-12;5*1-2-6-10(7-3-1)11-8-4-5-9-12-11;;;;;/h2*3-6,8-13H,1-2H3;2-8,10-13H,1H3;2*2-5,7-9H,1H3;5*1-6,8-9H;;;;;/q10*-1;;;;;/i;;3D;;;2D;1D;;;;;;;;. The summed E-state index contributed by atoms with van der Waals surface area (Å²) in [5.74, 6) is 0. The van der Waals surface area contributed by atoms with Crippen LogP contribution in [-0.4, -0.2) is 49.8 Å². The van der Waals surface area contributed by atoms with Gasteiger partial charge >= 0.3 is 0 Å². The molecule has 0 aliphatic carbocycles. The van der Waals surface area contributed by atoms with Crippen LogP contribution in [0.2, 0.25) is 0 Å². The fraction of sp³-hybridized carbons (Fsp3) is 0.0519. The van der Waals surface area contributed by atoms with E-state index in [4.69, 9.17) is 4.11 Å². The SMILES string of the molecule is Cc1cc(C)cc(-c2cc[c-]c(-c3ccccn3)c2)c1.Cc1cc(C)cc(-c2ccnc(-c3[c-]cccc3)c2)c1.Cc1cc[c-]c(-c2ccccn2)c1.Cc1cc[c-]c(-c2ccccn2)c1.[2H]c1c[c-]c(-c2ccccn2)cc1.[2H]c1cc[c-]c(-c2ccccn2)c1.[2H]c1ccc(-c2[c-]ccc(-c3cccc(C)c3)c2)nc1.[Ir].[Ir].[Ir].[Ir].[Ir].[c-]1ccccc1-c1ccccn1.[c-]1ccccc1-c1ccccn1.[c-]1ccccc1-c1ccccn1. The zero-order valence-electron chi connectivity index (χ0n) is 86.5. The second-order valence-corrected chi connectivity index (χ2v) is 33.0. The van der Waals surface area contributed by atoms with Crippen molar-refractivity contribution in [3.63, 3.8) is 0 Å². The Morgan fingerprint density at radius 1 is 0.140 bits per heavy atom. The third-order valence-electron chi connectivity index (χ3n) is 21.6. The molecular weight excluding hydrogens is 2720 g/mol. The largest absolute Gasteiger partial charge is 0.305 e. The third kappa shape index (κ3) is 39.7. The van der Waals surface area contributed by atoms with Crippen LogP contribution in [0.4, 0.5) is 0 Å². The van der Waals surface area contributed by atoms with Crippen LogP contribution in [0.3, 0.4) is 0 Å². The molecule has 0 spiro atoms. The van der Waals surface area contributed by atoms with Crippen LogP contribution in [0.25, 0.3) is 146 Å². The number of hydrogen-bond acceptors (Lipinski definition) is 10. The van der Waals surface area contributed by atoms with E-state index in [1.807, 2.05) is 304 Å². The van der Waals surface area contributed by atoms with E-state index in [1.54, 1.807) is 86.0 Å². The summed E-state index contributed by atoms with van der Waals surface area (Å²) >= 11 is 0. The van der Waals surface area contributed by atoms with Crippen LogP contribution >= 0.6 is 0 Å². The van der Waals surface area contributed by atoms with Gasteiger partial charge in [0.05, 0.1) is 1.37 Å². The van der Waals surface area contributed by atoms with Gasteiger partial charge in [-0.2, -0.15) is 0 Å². The molecule has 23 rings (SSSR count). The Hall–Kier alpha value is -15.4. The van der Waals surface area contributed by atoms with Crippen LogP contribution in [0, 0.1) is 109 Å². The second-order valence-electron chi connectivity index (χ2n) is 33.0. The van der Waals surface area contributed by atoms with Gasteiger partial charge in [0.25, 0.3) is 0 Å². The fourth-order valence-electron chi connectivity index (χ4n) is 14.8. The first-order chi connectivity index (χ1) is 72.5. The summed E-state index contributed by atoms with van der Waals surface area (Å²) in [6.45, 7) is 14.7. The molecule has 5 radical (unpaired) electrons. The summed E-state index contributed by atoms with van der Waals surface area (Å²) < 4.78 is 22.2. The summed E-state index contributed by atoms with van der Waals surface area (Å²) in [5, 5.41) is 0. The molecule has 15 heteroatoms. The van der Waals surface area contributed by atoms with Gasteiger partial charge in [-0.25, -0.2) is 0 Å². The van der Waals surface area contributed by atoms with Crippen molar-refractivity contribution in [1.29, 1.82) is 0 Å². The van der Waals surface area contributed by atoms with Crippen LogP contribution in [0.5, 0.6) is 0 Å². The molecule has 0 fully saturated rings. The molecule has 0 N–H and O–H groups in total. The van der Waals surface area contributed by atoms with Gasteiger partial charge in [-0.05, 0) is 176 Å². The molecule has 150 heavy (non-hydrogen) atoms. The van der Waals surface area contributed by atoms with E-state index in [2.05, 4.69) is 268 Å². The Labute approximate surface area is 956 Å². The van der Waals surface area contributed by atoms with E-state index >= 15 is 0 Å².